The van der Waals surface area contributed by atoms with Crippen LogP contribution in [0.1, 0.15) is 54.4 Å². The highest BCUT2D eigenvalue weighted by Gasteiger charge is 2.54. The molecule has 0 unspecified atom stereocenters. The molecule has 3 N–H and O–H groups in total. The van der Waals surface area contributed by atoms with Crippen LogP contribution in [-0.4, -0.2) is 44.6 Å². The van der Waals surface area contributed by atoms with Crippen LogP contribution in [0.15, 0.2) is 34.6 Å². The van der Waals surface area contributed by atoms with E-state index in [-0.39, 0.29) is 22.6 Å². The summed E-state index contributed by atoms with van der Waals surface area (Å²) in [5.41, 5.74) is 9.24. The Balaban J connectivity index is 1.49. The van der Waals surface area contributed by atoms with Gasteiger partial charge in [0.15, 0.2) is 0 Å². The number of aliphatic carboxylic acids is 1. The standard InChI is InChI=1S/C25H29N5O3S/c1-15(2)18-13-34-21(27-18)5-3-16-7-10-30-20(11-16)28-23(17(24(30)33)4-6-22(31)32)29-12-19(26)25(14-29)8-9-25/h4,6-7,10-11,13,15,19H,3,5,8-9,12,14,26H2,1-2H3,(H,31,32)/b6-4+/t19-/m1/s1. The topological polar surface area (TPSA) is 114 Å². The average molecular weight is 480 g/mol. The Hall–Kier alpha value is -3.04. The predicted octanol–water partition coefficient (Wildman–Crippen LogP) is 3.08. The Morgan fingerprint density at radius 3 is 2.79 bits per heavy atom. The third-order valence-electron chi connectivity index (χ3n) is 6.99. The normalized spacial score (nSPS) is 19.2. The molecule has 0 aromatic carbocycles. The Morgan fingerprint density at radius 2 is 2.15 bits per heavy atom. The predicted molar refractivity (Wildman–Crippen MR) is 134 cm³/mol. The van der Waals surface area contributed by atoms with Crippen LogP contribution in [0.3, 0.4) is 0 Å². The van der Waals surface area contributed by atoms with E-state index in [0.29, 0.717) is 23.9 Å². The number of aryl methyl sites for hydroxylation is 2. The Kier molecular flexibility index (Phi) is 5.77. The molecule has 2 fully saturated rings. The monoisotopic (exact) mass is 479 g/mol. The Morgan fingerprint density at radius 1 is 1.35 bits per heavy atom. The van der Waals surface area contributed by atoms with Gasteiger partial charge in [0, 0.05) is 48.6 Å². The van der Waals surface area contributed by atoms with E-state index in [2.05, 4.69) is 24.1 Å². The number of hydrogen-bond donors (Lipinski definition) is 2. The fourth-order valence-electron chi connectivity index (χ4n) is 4.68. The van der Waals surface area contributed by atoms with Crippen molar-refractivity contribution in [2.24, 2.45) is 11.1 Å². The van der Waals surface area contributed by atoms with Gasteiger partial charge in [0.25, 0.3) is 5.56 Å². The van der Waals surface area contributed by atoms with E-state index in [1.165, 1.54) is 10.5 Å². The number of rotatable bonds is 7. The van der Waals surface area contributed by atoms with Crippen molar-refractivity contribution < 1.29 is 9.90 Å². The summed E-state index contributed by atoms with van der Waals surface area (Å²) < 4.78 is 1.48. The third-order valence-corrected chi connectivity index (χ3v) is 7.92. The van der Waals surface area contributed by atoms with E-state index in [0.717, 1.165) is 54.6 Å². The molecule has 4 heterocycles. The number of anilines is 1. The smallest absolute Gasteiger partial charge is 0.328 e. The summed E-state index contributed by atoms with van der Waals surface area (Å²) in [5.74, 6) is -0.177. The van der Waals surface area contributed by atoms with Crippen molar-refractivity contribution in [1.82, 2.24) is 14.4 Å². The molecular formula is C25H29N5O3S. The second-order valence-corrected chi connectivity index (χ2v) is 10.7. The highest BCUT2D eigenvalue weighted by Crippen LogP contribution is 2.52. The number of carboxylic acids is 1. The van der Waals surface area contributed by atoms with Crippen LogP contribution in [0.4, 0.5) is 5.82 Å². The molecule has 1 aliphatic heterocycles. The molecule has 9 heteroatoms. The maximum atomic E-state index is 13.3. The lowest BCUT2D eigenvalue weighted by Gasteiger charge is -2.20. The van der Waals surface area contributed by atoms with Crippen molar-refractivity contribution >= 4 is 34.8 Å². The van der Waals surface area contributed by atoms with E-state index in [1.807, 2.05) is 12.1 Å². The molecule has 1 spiro atoms. The van der Waals surface area contributed by atoms with Gasteiger partial charge in [-0.2, -0.15) is 0 Å². The molecule has 3 aromatic heterocycles. The largest absolute Gasteiger partial charge is 0.478 e. The zero-order valence-electron chi connectivity index (χ0n) is 19.4. The zero-order chi connectivity index (χ0) is 24.0. The van der Waals surface area contributed by atoms with Gasteiger partial charge in [0.05, 0.1) is 16.3 Å². The molecule has 1 aliphatic carbocycles. The Bertz CT molecular complexity index is 1340. The van der Waals surface area contributed by atoms with Crippen molar-refractivity contribution in [2.45, 2.75) is 51.5 Å². The van der Waals surface area contributed by atoms with E-state index in [9.17, 15) is 9.59 Å². The van der Waals surface area contributed by atoms with Crippen molar-refractivity contribution in [3.05, 3.63) is 62.0 Å². The van der Waals surface area contributed by atoms with Crippen LogP contribution in [0.2, 0.25) is 0 Å². The minimum Gasteiger partial charge on any atom is -0.478 e. The van der Waals surface area contributed by atoms with Gasteiger partial charge in [-0.25, -0.2) is 14.8 Å². The van der Waals surface area contributed by atoms with Gasteiger partial charge >= 0.3 is 5.97 Å². The lowest BCUT2D eigenvalue weighted by atomic mass is 10.0. The molecule has 0 radical (unpaired) electrons. The summed E-state index contributed by atoms with van der Waals surface area (Å²) in [6.45, 7) is 5.63. The molecule has 1 atom stereocenters. The summed E-state index contributed by atoms with van der Waals surface area (Å²) in [7, 11) is 0. The average Bonchev–Trinajstić information content (AvgIpc) is 3.29. The Labute approximate surface area is 201 Å². The number of thiazole rings is 1. The van der Waals surface area contributed by atoms with Crippen LogP contribution in [0.25, 0.3) is 11.7 Å². The summed E-state index contributed by atoms with van der Waals surface area (Å²) in [4.78, 5) is 36.1. The molecule has 1 saturated heterocycles. The molecule has 34 heavy (non-hydrogen) atoms. The molecule has 3 aromatic rings. The summed E-state index contributed by atoms with van der Waals surface area (Å²) >= 11 is 1.68. The summed E-state index contributed by atoms with van der Waals surface area (Å²) in [6, 6.07) is 3.89. The van der Waals surface area contributed by atoms with Gasteiger partial charge in [-0.15, -0.1) is 11.3 Å². The minimum atomic E-state index is -1.11. The first kappa shape index (κ1) is 22.7. The molecular weight excluding hydrogens is 450 g/mol. The number of fused-ring (bicyclic) bond motifs is 1. The fraction of sp³-hybridized carbons (Fsp3) is 0.440. The van der Waals surface area contributed by atoms with Gasteiger partial charge < -0.3 is 15.7 Å². The second kappa shape index (κ2) is 8.63. The number of carboxylic acid groups (broad SMARTS) is 1. The van der Waals surface area contributed by atoms with Gasteiger partial charge in [-0.1, -0.05) is 13.8 Å². The van der Waals surface area contributed by atoms with Crippen LogP contribution >= 0.6 is 11.3 Å². The highest BCUT2D eigenvalue weighted by atomic mass is 32.1. The number of pyridine rings is 1. The van der Waals surface area contributed by atoms with Gasteiger partial charge in [0.2, 0.25) is 0 Å². The lowest BCUT2D eigenvalue weighted by Crippen LogP contribution is -2.31. The summed E-state index contributed by atoms with van der Waals surface area (Å²) in [6.07, 6.45) is 7.85. The van der Waals surface area contributed by atoms with Crippen molar-refractivity contribution in [3.8, 4) is 0 Å². The van der Waals surface area contributed by atoms with Crippen LogP contribution < -0.4 is 16.2 Å². The van der Waals surface area contributed by atoms with E-state index < -0.39 is 5.97 Å². The number of nitrogens with zero attached hydrogens (tertiary/aromatic N) is 4. The first-order chi connectivity index (χ1) is 16.3. The summed E-state index contributed by atoms with van der Waals surface area (Å²) in [5, 5.41) is 12.4. The fourth-order valence-corrected chi connectivity index (χ4v) is 5.64. The van der Waals surface area contributed by atoms with Crippen molar-refractivity contribution in [2.75, 3.05) is 18.0 Å². The van der Waals surface area contributed by atoms with E-state index >= 15 is 0 Å². The second-order valence-electron chi connectivity index (χ2n) is 9.76. The molecule has 0 bridgehead atoms. The van der Waals surface area contributed by atoms with Gasteiger partial charge in [-0.05, 0) is 49.0 Å². The van der Waals surface area contributed by atoms with Crippen LogP contribution in [-0.2, 0) is 17.6 Å². The number of carbonyl (C=O) groups is 1. The SMILES string of the molecule is CC(C)c1csc(CCc2ccn3c(=O)c(/C=C/C(=O)O)c(N4C[C@@H](N)C5(CC5)C4)nc3c2)n1. The molecule has 8 nitrogen and oxygen atoms in total. The first-order valence-corrected chi connectivity index (χ1v) is 12.5. The quantitative estimate of drug-likeness (QED) is 0.501. The van der Waals surface area contributed by atoms with Gasteiger partial charge in [-0.3, -0.25) is 9.20 Å². The van der Waals surface area contributed by atoms with Crippen molar-refractivity contribution in [1.29, 1.82) is 0 Å². The molecule has 5 rings (SSSR count). The lowest BCUT2D eigenvalue weighted by molar-refractivity contribution is -0.131. The van der Waals surface area contributed by atoms with Crippen molar-refractivity contribution in [3.63, 3.8) is 0 Å². The number of aromatic nitrogens is 3. The molecule has 1 saturated carbocycles. The highest BCUT2D eigenvalue weighted by molar-refractivity contribution is 7.09. The third kappa shape index (κ3) is 4.25. The van der Waals surface area contributed by atoms with E-state index in [1.54, 1.807) is 17.5 Å². The van der Waals surface area contributed by atoms with Gasteiger partial charge in [0.1, 0.15) is 11.5 Å². The maximum Gasteiger partial charge on any atom is 0.328 e. The minimum absolute atomic E-state index is 0.0319. The maximum absolute atomic E-state index is 13.3. The molecule has 178 valence electrons. The first-order valence-electron chi connectivity index (χ1n) is 11.7. The molecule has 0 amide bonds. The van der Waals surface area contributed by atoms with Crippen LogP contribution in [0.5, 0.6) is 0 Å². The van der Waals surface area contributed by atoms with E-state index in [4.69, 9.17) is 20.8 Å². The van der Waals surface area contributed by atoms with Crippen LogP contribution in [0, 0.1) is 5.41 Å². The number of hydrogen-bond acceptors (Lipinski definition) is 7. The number of nitrogens with two attached hydrogens (primary N) is 1. The zero-order valence-corrected chi connectivity index (χ0v) is 20.2. The molecule has 2 aliphatic rings.